The summed E-state index contributed by atoms with van der Waals surface area (Å²) in [6.45, 7) is 7.76. The summed E-state index contributed by atoms with van der Waals surface area (Å²) in [7, 11) is 0. The van der Waals surface area contributed by atoms with Crippen LogP contribution in [-0.4, -0.2) is 59.8 Å². The first-order chi connectivity index (χ1) is 9.26. The fourth-order valence-corrected chi connectivity index (χ4v) is 2.33. The van der Waals surface area contributed by atoms with E-state index in [9.17, 15) is 9.59 Å². The molecule has 1 unspecified atom stereocenters. The molecular weight excluding hydrogens is 260 g/mol. The monoisotopic (exact) mass is 286 g/mol. The minimum absolute atomic E-state index is 0.0875. The van der Waals surface area contributed by atoms with Crippen molar-refractivity contribution in [3.05, 3.63) is 0 Å². The molecule has 0 saturated carbocycles. The summed E-state index contributed by atoms with van der Waals surface area (Å²) in [6, 6.07) is 0.255. The number of carboxylic acids is 1. The van der Waals surface area contributed by atoms with Crippen LogP contribution in [0.2, 0.25) is 0 Å². The van der Waals surface area contributed by atoms with Gasteiger partial charge in [0.1, 0.15) is 5.60 Å². The molecule has 1 aliphatic heterocycles. The van der Waals surface area contributed by atoms with Crippen molar-refractivity contribution in [2.45, 2.75) is 51.7 Å². The van der Waals surface area contributed by atoms with E-state index in [1.165, 1.54) is 0 Å². The summed E-state index contributed by atoms with van der Waals surface area (Å²) in [5.41, 5.74) is -0.444. The highest BCUT2D eigenvalue weighted by Crippen LogP contribution is 2.10. The van der Waals surface area contributed by atoms with Gasteiger partial charge in [0, 0.05) is 19.1 Å². The minimum atomic E-state index is -0.792. The summed E-state index contributed by atoms with van der Waals surface area (Å²) in [5.74, 6) is -0.998. The van der Waals surface area contributed by atoms with Crippen LogP contribution in [0.1, 0.15) is 40.0 Å². The van der Waals surface area contributed by atoms with Crippen molar-refractivity contribution in [2.75, 3.05) is 26.2 Å². The molecule has 0 amide bonds. The molecule has 0 aromatic rings. The Morgan fingerprint density at radius 1 is 1.40 bits per heavy atom. The van der Waals surface area contributed by atoms with Gasteiger partial charge in [-0.15, -0.1) is 0 Å². The van der Waals surface area contributed by atoms with Gasteiger partial charge in [-0.1, -0.05) is 0 Å². The lowest BCUT2D eigenvalue weighted by atomic mass is 10.1. The number of hydrogen-bond acceptors (Lipinski definition) is 5. The lowest BCUT2D eigenvalue weighted by molar-refractivity contribution is -0.154. The predicted octanol–water partition coefficient (Wildman–Crippen LogP) is 0.857. The van der Waals surface area contributed by atoms with E-state index >= 15 is 0 Å². The molecule has 6 heteroatoms. The number of piperidine rings is 1. The van der Waals surface area contributed by atoms with Gasteiger partial charge in [-0.25, -0.2) is 0 Å². The number of hydrogen-bond donors (Lipinski definition) is 2. The van der Waals surface area contributed by atoms with E-state index in [-0.39, 0.29) is 18.6 Å². The molecule has 1 aliphatic rings. The van der Waals surface area contributed by atoms with E-state index in [0.717, 1.165) is 25.9 Å². The van der Waals surface area contributed by atoms with Crippen molar-refractivity contribution in [1.29, 1.82) is 0 Å². The first-order valence-electron chi connectivity index (χ1n) is 7.15. The van der Waals surface area contributed by atoms with E-state index < -0.39 is 11.6 Å². The number of esters is 1. The Morgan fingerprint density at radius 3 is 2.70 bits per heavy atom. The Balaban J connectivity index is 2.21. The number of likely N-dealkylation sites (tertiary alicyclic amines) is 1. The van der Waals surface area contributed by atoms with Crippen molar-refractivity contribution in [2.24, 2.45) is 0 Å². The third-order valence-corrected chi connectivity index (χ3v) is 3.05. The molecule has 0 spiro atoms. The molecule has 1 fully saturated rings. The number of carbonyl (C=O) groups is 2. The molecule has 1 saturated heterocycles. The summed E-state index contributed by atoms with van der Waals surface area (Å²) >= 11 is 0. The largest absolute Gasteiger partial charge is 0.480 e. The van der Waals surface area contributed by atoms with E-state index in [4.69, 9.17) is 9.84 Å². The quantitative estimate of drug-likeness (QED) is 0.705. The van der Waals surface area contributed by atoms with Crippen molar-refractivity contribution < 1.29 is 19.4 Å². The van der Waals surface area contributed by atoms with Gasteiger partial charge < -0.3 is 15.2 Å². The Bertz CT molecular complexity index is 339. The third-order valence-electron chi connectivity index (χ3n) is 3.05. The van der Waals surface area contributed by atoms with Gasteiger partial charge in [-0.05, 0) is 40.2 Å². The molecule has 0 radical (unpaired) electrons. The van der Waals surface area contributed by atoms with Crippen molar-refractivity contribution >= 4 is 11.9 Å². The number of ether oxygens (including phenoxy) is 1. The number of rotatable bonds is 6. The molecule has 0 bridgehead atoms. The van der Waals surface area contributed by atoms with Gasteiger partial charge in [0.05, 0.1) is 13.0 Å². The lowest BCUT2D eigenvalue weighted by Gasteiger charge is -2.32. The van der Waals surface area contributed by atoms with E-state index in [0.29, 0.717) is 13.0 Å². The Morgan fingerprint density at radius 2 is 2.10 bits per heavy atom. The van der Waals surface area contributed by atoms with Gasteiger partial charge in [0.2, 0.25) is 0 Å². The molecular formula is C14H26N2O4. The van der Waals surface area contributed by atoms with Gasteiger partial charge in [0.25, 0.3) is 0 Å². The smallest absolute Gasteiger partial charge is 0.317 e. The van der Waals surface area contributed by atoms with Crippen LogP contribution >= 0.6 is 0 Å². The van der Waals surface area contributed by atoms with Gasteiger partial charge in [-0.2, -0.15) is 0 Å². The first kappa shape index (κ1) is 16.9. The maximum atomic E-state index is 11.6. The summed E-state index contributed by atoms with van der Waals surface area (Å²) < 4.78 is 5.23. The Kier molecular flexibility index (Phi) is 6.42. The fraction of sp³-hybridized carbons (Fsp3) is 0.857. The Labute approximate surface area is 120 Å². The van der Waals surface area contributed by atoms with Crippen LogP contribution in [0, 0.1) is 0 Å². The average Bonchev–Trinajstić information content (AvgIpc) is 2.25. The molecule has 1 heterocycles. The van der Waals surface area contributed by atoms with E-state index in [1.807, 2.05) is 25.7 Å². The molecule has 20 heavy (non-hydrogen) atoms. The third kappa shape index (κ3) is 7.45. The minimum Gasteiger partial charge on any atom is -0.480 e. The number of aliphatic carboxylic acids is 1. The average molecular weight is 286 g/mol. The zero-order valence-electron chi connectivity index (χ0n) is 12.6. The van der Waals surface area contributed by atoms with Crippen LogP contribution < -0.4 is 5.32 Å². The topological polar surface area (TPSA) is 78.9 Å². The standard InChI is InChI=1S/C14H26N2O4/c1-14(2,3)20-13(19)6-7-15-11-5-4-8-16(9-11)10-12(17)18/h11,15H,4-10H2,1-3H3,(H,17,18). The Hall–Kier alpha value is -1.14. The summed E-state index contributed by atoms with van der Waals surface area (Å²) in [6.07, 6.45) is 2.34. The van der Waals surface area contributed by atoms with Crippen molar-refractivity contribution in [1.82, 2.24) is 10.2 Å². The normalized spacial score (nSPS) is 20.6. The molecule has 2 N–H and O–H groups in total. The van der Waals surface area contributed by atoms with Gasteiger partial charge >= 0.3 is 11.9 Å². The molecule has 0 aromatic carbocycles. The van der Waals surface area contributed by atoms with Crippen LogP contribution in [0.25, 0.3) is 0 Å². The highest BCUT2D eigenvalue weighted by molar-refractivity contribution is 5.70. The van der Waals surface area contributed by atoms with Crippen LogP contribution in [0.5, 0.6) is 0 Å². The maximum Gasteiger partial charge on any atom is 0.317 e. The SMILES string of the molecule is CC(C)(C)OC(=O)CCNC1CCCN(CC(=O)O)C1. The molecule has 6 nitrogen and oxygen atoms in total. The highest BCUT2D eigenvalue weighted by atomic mass is 16.6. The number of nitrogens with one attached hydrogen (secondary N) is 1. The van der Waals surface area contributed by atoms with E-state index in [1.54, 1.807) is 0 Å². The second-order valence-corrected chi connectivity index (χ2v) is 6.26. The van der Waals surface area contributed by atoms with E-state index in [2.05, 4.69) is 5.32 Å². The first-order valence-corrected chi connectivity index (χ1v) is 7.15. The predicted molar refractivity (Wildman–Crippen MR) is 75.6 cm³/mol. The number of carboxylic acid groups (broad SMARTS) is 1. The molecule has 1 atom stereocenters. The summed E-state index contributed by atoms with van der Waals surface area (Å²) in [4.78, 5) is 24.2. The van der Waals surface area contributed by atoms with Crippen LogP contribution in [0.3, 0.4) is 0 Å². The van der Waals surface area contributed by atoms with Crippen LogP contribution in [0.15, 0.2) is 0 Å². The van der Waals surface area contributed by atoms with Crippen LogP contribution in [0.4, 0.5) is 0 Å². The van der Waals surface area contributed by atoms with Gasteiger partial charge in [-0.3, -0.25) is 14.5 Å². The zero-order chi connectivity index (χ0) is 15.2. The fourth-order valence-electron chi connectivity index (χ4n) is 2.33. The highest BCUT2D eigenvalue weighted by Gasteiger charge is 2.21. The molecule has 116 valence electrons. The van der Waals surface area contributed by atoms with Crippen molar-refractivity contribution in [3.63, 3.8) is 0 Å². The second kappa shape index (κ2) is 7.59. The van der Waals surface area contributed by atoms with Crippen molar-refractivity contribution in [3.8, 4) is 0 Å². The summed E-state index contributed by atoms with van der Waals surface area (Å²) in [5, 5.41) is 12.1. The number of carbonyl (C=O) groups excluding carboxylic acids is 1. The maximum absolute atomic E-state index is 11.6. The van der Waals surface area contributed by atoms with Gasteiger partial charge in [0.15, 0.2) is 0 Å². The molecule has 0 aliphatic carbocycles. The molecule has 0 aromatic heterocycles. The molecule has 1 rings (SSSR count). The lowest BCUT2D eigenvalue weighted by Crippen LogP contribution is -2.47. The van der Waals surface area contributed by atoms with Crippen LogP contribution in [-0.2, 0) is 14.3 Å². The zero-order valence-corrected chi connectivity index (χ0v) is 12.6. The second-order valence-electron chi connectivity index (χ2n) is 6.26. The number of nitrogens with zero attached hydrogens (tertiary/aromatic N) is 1.